The Labute approximate surface area is 77.5 Å². The molecule has 1 unspecified atom stereocenters. The lowest BCUT2D eigenvalue weighted by Gasteiger charge is -2.25. The molecule has 0 amide bonds. The van der Waals surface area contributed by atoms with Gasteiger partial charge in [-0.2, -0.15) is 0 Å². The van der Waals surface area contributed by atoms with E-state index in [4.69, 9.17) is 4.74 Å². The van der Waals surface area contributed by atoms with Crippen LogP contribution in [0.2, 0.25) is 0 Å². The van der Waals surface area contributed by atoms with Gasteiger partial charge in [0, 0.05) is 13.7 Å². The van der Waals surface area contributed by atoms with Gasteiger partial charge in [-0.15, -0.1) is 0 Å². The van der Waals surface area contributed by atoms with Gasteiger partial charge < -0.3 is 4.74 Å². The molecule has 0 aliphatic heterocycles. The monoisotopic (exact) mass is 172 g/mol. The first kappa shape index (κ1) is 12.0. The van der Waals surface area contributed by atoms with Crippen LogP contribution in [0.25, 0.3) is 0 Å². The van der Waals surface area contributed by atoms with Gasteiger partial charge in [0.15, 0.2) is 0 Å². The van der Waals surface area contributed by atoms with Gasteiger partial charge in [0.25, 0.3) is 0 Å². The van der Waals surface area contributed by atoms with Crippen molar-refractivity contribution in [3.8, 4) is 0 Å². The summed E-state index contributed by atoms with van der Waals surface area (Å²) < 4.78 is 5.13. The zero-order chi connectivity index (χ0) is 9.40. The van der Waals surface area contributed by atoms with Crippen LogP contribution in [0.15, 0.2) is 0 Å². The van der Waals surface area contributed by atoms with Crippen molar-refractivity contribution in [2.24, 2.45) is 11.8 Å². The summed E-state index contributed by atoms with van der Waals surface area (Å²) in [6.07, 6.45) is 5.61. The summed E-state index contributed by atoms with van der Waals surface area (Å²) in [5.41, 5.74) is 0. The third kappa shape index (κ3) is 4.76. The fourth-order valence-corrected chi connectivity index (χ4v) is 1.95. The van der Waals surface area contributed by atoms with Gasteiger partial charge in [-0.1, -0.05) is 33.6 Å². The van der Waals surface area contributed by atoms with Gasteiger partial charge in [0.1, 0.15) is 0 Å². The summed E-state index contributed by atoms with van der Waals surface area (Å²) in [7, 11) is 1.80. The molecule has 0 spiro atoms. The third-order valence-electron chi connectivity index (χ3n) is 2.45. The quantitative estimate of drug-likeness (QED) is 0.619. The molecule has 0 saturated heterocycles. The van der Waals surface area contributed by atoms with Crippen LogP contribution in [0.1, 0.15) is 46.5 Å². The van der Waals surface area contributed by atoms with Crippen molar-refractivity contribution in [1.29, 1.82) is 0 Å². The van der Waals surface area contributed by atoms with Crippen LogP contribution in [-0.4, -0.2) is 13.7 Å². The van der Waals surface area contributed by atoms with E-state index in [1.807, 2.05) is 13.8 Å². The number of rotatable bonds is 2. The predicted molar refractivity (Wildman–Crippen MR) is 54.3 cm³/mol. The molecule has 1 nitrogen and oxygen atoms in total. The maximum absolute atomic E-state index is 5.13. The number of ether oxygens (including phenoxy) is 1. The molecule has 0 aromatic heterocycles. The van der Waals surface area contributed by atoms with E-state index in [-0.39, 0.29) is 0 Å². The van der Waals surface area contributed by atoms with Gasteiger partial charge in [0.2, 0.25) is 0 Å². The van der Waals surface area contributed by atoms with Gasteiger partial charge in [-0.05, 0) is 24.7 Å². The highest BCUT2D eigenvalue weighted by atomic mass is 16.5. The molecule has 0 aromatic rings. The smallest absolute Gasteiger partial charge is 0.0490 e. The maximum Gasteiger partial charge on any atom is 0.0490 e. The highest BCUT2D eigenvalue weighted by molar-refractivity contribution is 4.69. The number of hydrogen-bond acceptors (Lipinski definition) is 1. The Morgan fingerprint density at radius 3 is 2.42 bits per heavy atom. The van der Waals surface area contributed by atoms with Crippen LogP contribution in [0.5, 0.6) is 0 Å². The summed E-state index contributed by atoms with van der Waals surface area (Å²) in [6.45, 7) is 7.33. The maximum atomic E-state index is 5.13. The van der Waals surface area contributed by atoms with Crippen molar-refractivity contribution in [2.45, 2.75) is 46.5 Å². The summed E-state index contributed by atoms with van der Waals surface area (Å²) in [5, 5.41) is 0. The van der Waals surface area contributed by atoms with E-state index in [0.717, 1.165) is 18.4 Å². The SMILES string of the molecule is CC.COCC1CCC[C@H](C)C1. The van der Waals surface area contributed by atoms with Crippen molar-refractivity contribution in [3.05, 3.63) is 0 Å². The van der Waals surface area contributed by atoms with E-state index in [9.17, 15) is 0 Å². The Kier molecular flexibility index (Phi) is 7.58. The average molecular weight is 172 g/mol. The van der Waals surface area contributed by atoms with Gasteiger partial charge in [-0.25, -0.2) is 0 Å². The Bertz CT molecular complexity index is 89.0. The van der Waals surface area contributed by atoms with Crippen molar-refractivity contribution < 1.29 is 4.74 Å². The van der Waals surface area contributed by atoms with Gasteiger partial charge in [0.05, 0.1) is 0 Å². The van der Waals surface area contributed by atoms with Crippen molar-refractivity contribution in [3.63, 3.8) is 0 Å². The van der Waals surface area contributed by atoms with E-state index in [2.05, 4.69) is 6.92 Å². The number of hydrogen-bond donors (Lipinski definition) is 0. The minimum Gasteiger partial charge on any atom is -0.384 e. The molecule has 1 saturated carbocycles. The largest absolute Gasteiger partial charge is 0.384 e. The molecule has 1 aliphatic carbocycles. The first-order chi connectivity index (χ1) is 5.83. The Balaban J connectivity index is 0.000000561. The topological polar surface area (TPSA) is 9.23 Å². The highest BCUT2D eigenvalue weighted by Gasteiger charge is 2.17. The molecular weight excluding hydrogens is 148 g/mol. The van der Waals surface area contributed by atoms with E-state index in [1.165, 1.54) is 25.7 Å². The summed E-state index contributed by atoms with van der Waals surface area (Å²) in [5.74, 6) is 1.79. The Morgan fingerprint density at radius 1 is 1.25 bits per heavy atom. The van der Waals surface area contributed by atoms with Crippen molar-refractivity contribution >= 4 is 0 Å². The molecule has 0 radical (unpaired) electrons. The third-order valence-corrected chi connectivity index (χ3v) is 2.45. The van der Waals surface area contributed by atoms with E-state index in [1.54, 1.807) is 7.11 Å². The minimum absolute atomic E-state index is 0.855. The Morgan fingerprint density at radius 2 is 1.92 bits per heavy atom. The van der Waals surface area contributed by atoms with E-state index < -0.39 is 0 Å². The van der Waals surface area contributed by atoms with Crippen LogP contribution in [0.4, 0.5) is 0 Å². The molecular formula is C11H24O. The standard InChI is InChI=1S/C9H18O.C2H6/c1-8-4-3-5-9(6-8)7-10-2;1-2/h8-9H,3-7H2,1-2H3;1-2H3/t8-,9?;/m0./s1. The first-order valence-electron chi connectivity index (χ1n) is 5.32. The molecule has 0 aromatic carbocycles. The molecule has 1 fully saturated rings. The lowest BCUT2D eigenvalue weighted by Crippen LogP contribution is -2.17. The van der Waals surface area contributed by atoms with Crippen LogP contribution in [0, 0.1) is 11.8 Å². The van der Waals surface area contributed by atoms with Crippen molar-refractivity contribution in [1.82, 2.24) is 0 Å². The second-order valence-corrected chi connectivity index (χ2v) is 3.59. The zero-order valence-electron chi connectivity index (χ0n) is 9.10. The summed E-state index contributed by atoms with van der Waals surface area (Å²) in [4.78, 5) is 0. The van der Waals surface area contributed by atoms with E-state index >= 15 is 0 Å². The zero-order valence-corrected chi connectivity index (χ0v) is 9.10. The summed E-state index contributed by atoms with van der Waals surface area (Å²) in [6, 6.07) is 0. The van der Waals surface area contributed by atoms with Gasteiger partial charge in [-0.3, -0.25) is 0 Å². The van der Waals surface area contributed by atoms with E-state index in [0.29, 0.717) is 0 Å². The molecule has 0 N–H and O–H groups in total. The lowest BCUT2D eigenvalue weighted by atomic mass is 9.83. The molecule has 1 heteroatoms. The minimum atomic E-state index is 0.855. The molecule has 1 aliphatic rings. The fraction of sp³-hybridized carbons (Fsp3) is 1.00. The molecule has 12 heavy (non-hydrogen) atoms. The van der Waals surface area contributed by atoms with Crippen LogP contribution in [-0.2, 0) is 4.74 Å². The van der Waals surface area contributed by atoms with Gasteiger partial charge >= 0.3 is 0 Å². The molecule has 74 valence electrons. The molecule has 2 atom stereocenters. The predicted octanol–water partition coefficient (Wildman–Crippen LogP) is 3.49. The molecule has 0 heterocycles. The fourth-order valence-electron chi connectivity index (χ4n) is 1.95. The van der Waals surface area contributed by atoms with Crippen LogP contribution in [0.3, 0.4) is 0 Å². The number of methoxy groups -OCH3 is 1. The second-order valence-electron chi connectivity index (χ2n) is 3.59. The first-order valence-corrected chi connectivity index (χ1v) is 5.32. The van der Waals surface area contributed by atoms with Crippen LogP contribution >= 0.6 is 0 Å². The lowest BCUT2D eigenvalue weighted by molar-refractivity contribution is 0.117. The normalized spacial score (nSPS) is 29.0. The average Bonchev–Trinajstić information content (AvgIpc) is 2.09. The summed E-state index contributed by atoms with van der Waals surface area (Å²) >= 11 is 0. The molecule has 0 bridgehead atoms. The van der Waals surface area contributed by atoms with Crippen molar-refractivity contribution in [2.75, 3.05) is 13.7 Å². The highest BCUT2D eigenvalue weighted by Crippen LogP contribution is 2.28. The van der Waals surface area contributed by atoms with Crippen LogP contribution < -0.4 is 0 Å². The Hall–Kier alpha value is -0.0400. The second kappa shape index (κ2) is 7.60. The molecule has 1 rings (SSSR count).